The molecule has 2 rings (SSSR count). The van der Waals surface area contributed by atoms with Crippen molar-refractivity contribution in [3.8, 4) is 11.8 Å². The summed E-state index contributed by atoms with van der Waals surface area (Å²) in [5.74, 6) is 5.55. The van der Waals surface area contributed by atoms with Crippen LogP contribution < -0.4 is 10.2 Å². The van der Waals surface area contributed by atoms with Gasteiger partial charge in [0.2, 0.25) is 0 Å². The van der Waals surface area contributed by atoms with Crippen molar-refractivity contribution in [2.75, 3.05) is 37.7 Å². The molecule has 1 aromatic rings. The standard InChI is InChI=1S/C16H20N2O2/c1-2-20-16(19)5-3-4-14-6-8-15(9-7-14)18-12-10-17-11-13-18/h6-9,17H,2,5,10-13H2,1H3. The van der Waals surface area contributed by atoms with Crippen molar-refractivity contribution < 1.29 is 9.53 Å². The molecule has 0 amide bonds. The number of ether oxygens (including phenoxy) is 1. The summed E-state index contributed by atoms with van der Waals surface area (Å²) < 4.78 is 4.82. The fourth-order valence-corrected chi connectivity index (χ4v) is 2.11. The number of piperazine rings is 1. The molecule has 1 N–H and O–H groups in total. The zero-order valence-corrected chi connectivity index (χ0v) is 11.8. The summed E-state index contributed by atoms with van der Waals surface area (Å²) in [6.07, 6.45) is 0.146. The molecule has 4 nitrogen and oxygen atoms in total. The highest BCUT2D eigenvalue weighted by atomic mass is 16.5. The molecule has 1 fully saturated rings. The summed E-state index contributed by atoms with van der Waals surface area (Å²) in [4.78, 5) is 13.5. The maximum Gasteiger partial charge on any atom is 0.317 e. The molecule has 1 aliphatic rings. The van der Waals surface area contributed by atoms with Gasteiger partial charge in [-0.25, -0.2) is 0 Å². The van der Waals surface area contributed by atoms with Crippen LogP contribution in [0, 0.1) is 11.8 Å². The highest BCUT2D eigenvalue weighted by molar-refractivity contribution is 5.72. The van der Waals surface area contributed by atoms with Crippen LogP contribution in [0.5, 0.6) is 0 Å². The van der Waals surface area contributed by atoms with Gasteiger partial charge in [-0.1, -0.05) is 11.8 Å². The van der Waals surface area contributed by atoms with E-state index in [4.69, 9.17) is 4.74 Å². The van der Waals surface area contributed by atoms with E-state index >= 15 is 0 Å². The molecule has 0 unspecified atom stereocenters. The summed E-state index contributed by atoms with van der Waals surface area (Å²) in [6, 6.07) is 8.16. The third-order valence-electron chi connectivity index (χ3n) is 3.12. The summed E-state index contributed by atoms with van der Waals surface area (Å²) in [5, 5.41) is 3.34. The largest absolute Gasteiger partial charge is 0.465 e. The fourth-order valence-electron chi connectivity index (χ4n) is 2.11. The summed E-state index contributed by atoms with van der Waals surface area (Å²) in [6.45, 7) is 6.32. The van der Waals surface area contributed by atoms with Gasteiger partial charge in [0.05, 0.1) is 6.61 Å². The third kappa shape index (κ3) is 4.29. The Bertz CT molecular complexity index is 493. The Morgan fingerprint density at radius 3 is 2.65 bits per heavy atom. The maximum absolute atomic E-state index is 11.2. The van der Waals surface area contributed by atoms with Crippen LogP contribution in [0.15, 0.2) is 24.3 Å². The number of anilines is 1. The molecule has 1 aromatic carbocycles. The van der Waals surface area contributed by atoms with E-state index in [1.54, 1.807) is 6.92 Å². The first-order chi connectivity index (χ1) is 9.79. The number of benzene rings is 1. The van der Waals surface area contributed by atoms with Crippen LogP contribution in [0.3, 0.4) is 0 Å². The molecule has 0 atom stereocenters. The second-order valence-corrected chi connectivity index (χ2v) is 4.57. The van der Waals surface area contributed by atoms with Crippen molar-refractivity contribution in [1.82, 2.24) is 5.32 Å². The van der Waals surface area contributed by atoms with Crippen molar-refractivity contribution in [2.45, 2.75) is 13.3 Å². The first kappa shape index (κ1) is 14.4. The molecule has 1 heterocycles. The Labute approximate surface area is 120 Å². The number of carbonyl (C=O) groups is 1. The molecule has 20 heavy (non-hydrogen) atoms. The molecular weight excluding hydrogens is 252 g/mol. The first-order valence-corrected chi connectivity index (χ1v) is 7.00. The van der Waals surface area contributed by atoms with Gasteiger partial charge in [-0.3, -0.25) is 4.79 Å². The second-order valence-electron chi connectivity index (χ2n) is 4.57. The molecule has 1 aliphatic heterocycles. The van der Waals surface area contributed by atoms with Crippen molar-refractivity contribution in [2.24, 2.45) is 0 Å². The maximum atomic E-state index is 11.2. The Balaban J connectivity index is 1.91. The lowest BCUT2D eigenvalue weighted by molar-refractivity contribution is -0.141. The number of hydrogen-bond acceptors (Lipinski definition) is 4. The molecule has 0 aromatic heterocycles. The number of esters is 1. The lowest BCUT2D eigenvalue weighted by Crippen LogP contribution is -2.43. The number of rotatable bonds is 3. The Hall–Kier alpha value is -1.99. The minimum atomic E-state index is -0.266. The summed E-state index contributed by atoms with van der Waals surface area (Å²) in [5.41, 5.74) is 2.15. The lowest BCUT2D eigenvalue weighted by atomic mass is 10.2. The van der Waals surface area contributed by atoms with Crippen LogP contribution in [0.4, 0.5) is 5.69 Å². The van der Waals surface area contributed by atoms with E-state index in [1.165, 1.54) is 5.69 Å². The minimum absolute atomic E-state index is 0.146. The molecule has 4 heteroatoms. The topological polar surface area (TPSA) is 41.6 Å². The van der Waals surface area contributed by atoms with Crippen LogP contribution in [0.2, 0.25) is 0 Å². The predicted octanol–water partition coefficient (Wildman–Crippen LogP) is 1.40. The molecule has 0 bridgehead atoms. The van der Waals surface area contributed by atoms with Gasteiger partial charge < -0.3 is 15.0 Å². The molecule has 0 aliphatic carbocycles. The summed E-state index contributed by atoms with van der Waals surface area (Å²) in [7, 11) is 0. The Morgan fingerprint density at radius 1 is 1.30 bits per heavy atom. The molecule has 106 valence electrons. The van der Waals surface area contributed by atoms with Gasteiger partial charge in [-0.15, -0.1) is 0 Å². The van der Waals surface area contributed by atoms with E-state index in [0.717, 1.165) is 31.7 Å². The van der Waals surface area contributed by atoms with Crippen molar-refractivity contribution in [1.29, 1.82) is 0 Å². The van der Waals surface area contributed by atoms with Gasteiger partial charge in [0.1, 0.15) is 6.42 Å². The third-order valence-corrected chi connectivity index (χ3v) is 3.12. The zero-order chi connectivity index (χ0) is 14.2. The highest BCUT2D eigenvalue weighted by Crippen LogP contribution is 2.15. The number of nitrogens with zero attached hydrogens (tertiary/aromatic N) is 1. The lowest BCUT2D eigenvalue weighted by Gasteiger charge is -2.29. The predicted molar refractivity (Wildman–Crippen MR) is 79.7 cm³/mol. The van der Waals surface area contributed by atoms with Crippen molar-refractivity contribution in [3.05, 3.63) is 29.8 Å². The van der Waals surface area contributed by atoms with Gasteiger partial charge >= 0.3 is 5.97 Å². The Kier molecular flexibility index (Phi) is 5.45. The normalized spacial score (nSPS) is 14.3. The SMILES string of the molecule is CCOC(=O)CC#Cc1ccc(N2CCNCC2)cc1. The fraction of sp³-hybridized carbons (Fsp3) is 0.438. The van der Waals surface area contributed by atoms with Crippen LogP contribution >= 0.6 is 0 Å². The quantitative estimate of drug-likeness (QED) is 0.667. The number of carbonyl (C=O) groups excluding carboxylic acids is 1. The van der Waals surface area contributed by atoms with Crippen molar-refractivity contribution >= 4 is 11.7 Å². The van der Waals surface area contributed by atoms with Crippen LogP contribution in [-0.4, -0.2) is 38.8 Å². The molecule has 1 saturated heterocycles. The van der Waals surface area contributed by atoms with E-state index in [1.807, 2.05) is 12.1 Å². The molecular formula is C16H20N2O2. The number of nitrogens with one attached hydrogen (secondary N) is 1. The van der Waals surface area contributed by atoms with Gasteiger partial charge in [0.15, 0.2) is 0 Å². The van der Waals surface area contributed by atoms with E-state index < -0.39 is 0 Å². The molecule has 0 spiro atoms. The summed E-state index contributed by atoms with van der Waals surface area (Å²) >= 11 is 0. The van der Waals surface area contributed by atoms with Gasteiger partial charge in [0.25, 0.3) is 0 Å². The highest BCUT2D eigenvalue weighted by Gasteiger charge is 2.09. The van der Waals surface area contributed by atoms with Crippen LogP contribution in [0.25, 0.3) is 0 Å². The van der Waals surface area contributed by atoms with Gasteiger partial charge in [-0.2, -0.15) is 0 Å². The second kappa shape index (κ2) is 7.56. The Morgan fingerprint density at radius 2 is 2.00 bits per heavy atom. The van der Waals surface area contributed by atoms with E-state index in [9.17, 15) is 4.79 Å². The smallest absolute Gasteiger partial charge is 0.317 e. The molecule has 0 radical (unpaired) electrons. The zero-order valence-electron chi connectivity index (χ0n) is 11.8. The number of hydrogen-bond donors (Lipinski definition) is 1. The minimum Gasteiger partial charge on any atom is -0.465 e. The molecule has 0 saturated carbocycles. The van der Waals surface area contributed by atoms with Gasteiger partial charge in [-0.05, 0) is 31.2 Å². The van der Waals surface area contributed by atoms with Gasteiger partial charge in [0, 0.05) is 37.4 Å². The van der Waals surface area contributed by atoms with Crippen LogP contribution in [0.1, 0.15) is 18.9 Å². The van der Waals surface area contributed by atoms with Crippen LogP contribution in [-0.2, 0) is 9.53 Å². The van der Waals surface area contributed by atoms with E-state index in [2.05, 4.69) is 34.2 Å². The average Bonchev–Trinajstić information content (AvgIpc) is 2.49. The average molecular weight is 272 g/mol. The first-order valence-electron chi connectivity index (χ1n) is 7.00. The van der Waals surface area contributed by atoms with Crippen molar-refractivity contribution in [3.63, 3.8) is 0 Å². The monoisotopic (exact) mass is 272 g/mol. The van der Waals surface area contributed by atoms with E-state index in [-0.39, 0.29) is 12.4 Å². The van der Waals surface area contributed by atoms with E-state index in [0.29, 0.717) is 6.61 Å².